The smallest absolute Gasteiger partial charge is 0.260 e. The molecule has 178 valence electrons. The average Bonchev–Trinajstić information content (AvgIpc) is 2.89. The van der Waals surface area contributed by atoms with Crippen molar-refractivity contribution in [1.29, 1.82) is 0 Å². The van der Waals surface area contributed by atoms with E-state index in [0.717, 1.165) is 47.0 Å². The zero-order valence-corrected chi connectivity index (χ0v) is 20.5. The molecule has 1 amide bonds. The van der Waals surface area contributed by atoms with Crippen molar-refractivity contribution in [2.75, 3.05) is 37.7 Å². The molecule has 35 heavy (non-hydrogen) atoms. The van der Waals surface area contributed by atoms with E-state index in [1.165, 1.54) is 16.3 Å². The maximum Gasteiger partial charge on any atom is 0.260 e. The molecule has 0 aliphatic carbocycles. The van der Waals surface area contributed by atoms with Crippen molar-refractivity contribution in [1.82, 2.24) is 15.1 Å². The van der Waals surface area contributed by atoms with Crippen LogP contribution in [0.5, 0.6) is 5.75 Å². The van der Waals surface area contributed by atoms with Gasteiger partial charge in [0.1, 0.15) is 5.75 Å². The number of hydrogen-bond donors (Lipinski definition) is 0. The lowest BCUT2D eigenvalue weighted by Gasteiger charge is -2.35. The van der Waals surface area contributed by atoms with Gasteiger partial charge in [0, 0.05) is 31.7 Å². The van der Waals surface area contributed by atoms with Crippen LogP contribution in [0.3, 0.4) is 0 Å². The zero-order valence-electron chi connectivity index (χ0n) is 20.5. The quantitative estimate of drug-likeness (QED) is 0.417. The van der Waals surface area contributed by atoms with Crippen molar-refractivity contribution >= 4 is 22.5 Å². The minimum Gasteiger partial charge on any atom is -0.483 e. The van der Waals surface area contributed by atoms with Gasteiger partial charge in [0.2, 0.25) is 0 Å². The van der Waals surface area contributed by atoms with E-state index in [4.69, 9.17) is 4.74 Å². The van der Waals surface area contributed by atoms with Gasteiger partial charge in [-0.2, -0.15) is 0 Å². The van der Waals surface area contributed by atoms with Gasteiger partial charge < -0.3 is 14.5 Å². The molecule has 6 nitrogen and oxygen atoms in total. The third-order valence-corrected chi connectivity index (χ3v) is 6.79. The fourth-order valence-corrected chi connectivity index (χ4v) is 4.65. The van der Waals surface area contributed by atoms with Crippen LogP contribution in [0.2, 0.25) is 0 Å². The van der Waals surface area contributed by atoms with Gasteiger partial charge in [0.15, 0.2) is 12.4 Å². The van der Waals surface area contributed by atoms with Crippen molar-refractivity contribution in [3.05, 3.63) is 83.4 Å². The summed E-state index contributed by atoms with van der Waals surface area (Å²) in [7, 11) is 0. The maximum absolute atomic E-state index is 12.8. The third kappa shape index (κ3) is 4.83. The fraction of sp³-hybridized carbons (Fsp3) is 0.276. The van der Waals surface area contributed by atoms with Crippen LogP contribution >= 0.6 is 0 Å². The molecule has 0 bridgehead atoms. The summed E-state index contributed by atoms with van der Waals surface area (Å²) in [6.07, 6.45) is 0. The average molecular weight is 467 g/mol. The molecule has 2 heterocycles. The van der Waals surface area contributed by atoms with Crippen molar-refractivity contribution < 1.29 is 9.53 Å². The fourth-order valence-electron chi connectivity index (χ4n) is 4.65. The summed E-state index contributed by atoms with van der Waals surface area (Å²) < 4.78 is 5.88. The Morgan fingerprint density at radius 1 is 0.886 bits per heavy atom. The second-order valence-corrected chi connectivity index (χ2v) is 9.16. The van der Waals surface area contributed by atoms with Gasteiger partial charge in [-0.15, -0.1) is 10.2 Å². The molecule has 4 aromatic rings. The number of carbonyl (C=O) groups excluding carboxylic acids is 1. The Labute approximate surface area is 206 Å². The van der Waals surface area contributed by atoms with Gasteiger partial charge >= 0.3 is 0 Å². The zero-order chi connectivity index (χ0) is 24.4. The molecule has 5 rings (SSSR count). The minimum absolute atomic E-state index is 0.0144. The minimum atomic E-state index is 0.0144. The highest BCUT2D eigenvalue weighted by atomic mass is 16.5. The normalized spacial score (nSPS) is 13.8. The van der Waals surface area contributed by atoms with Crippen LogP contribution in [0.1, 0.15) is 16.7 Å². The van der Waals surface area contributed by atoms with Crippen LogP contribution in [0, 0.1) is 20.8 Å². The largest absolute Gasteiger partial charge is 0.483 e. The summed E-state index contributed by atoms with van der Waals surface area (Å²) in [5, 5.41) is 11.4. The number of nitrogens with zero attached hydrogens (tertiary/aromatic N) is 4. The predicted octanol–water partition coefficient (Wildman–Crippen LogP) is 4.95. The number of rotatable bonds is 5. The van der Waals surface area contributed by atoms with Crippen molar-refractivity contribution in [2.45, 2.75) is 20.8 Å². The van der Waals surface area contributed by atoms with E-state index < -0.39 is 0 Å². The first-order chi connectivity index (χ1) is 17.0. The highest BCUT2D eigenvalue weighted by molar-refractivity contribution is 5.95. The Hall–Kier alpha value is -3.93. The van der Waals surface area contributed by atoms with E-state index >= 15 is 0 Å². The molecule has 1 fully saturated rings. The Morgan fingerprint density at radius 3 is 2.43 bits per heavy atom. The molecular weight excluding hydrogens is 436 g/mol. The Morgan fingerprint density at radius 2 is 1.66 bits per heavy atom. The molecule has 6 heteroatoms. The molecule has 1 saturated heterocycles. The predicted molar refractivity (Wildman–Crippen MR) is 140 cm³/mol. The van der Waals surface area contributed by atoms with Gasteiger partial charge in [0.25, 0.3) is 5.91 Å². The second kappa shape index (κ2) is 9.74. The Balaban J connectivity index is 1.19. The van der Waals surface area contributed by atoms with Crippen LogP contribution < -0.4 is 9.64 Å². The van der Waals surface area contributed by atoms with Crippen LogP contribution in [0.4, 0.5) is 5.82 Å². The highest BCUT2D eigenvalue weighted by Crippen LogP contribution is 2.28. The number of aromatic nitrogens is 2. The number of aryl methyl sites for hydroxylation is 2. The van der Waals surface area contributed by atoms with Crippen molar-refractivity contribution in [2.24, 2.45) is 0 Å². The number of fused-ring (bicyclic) bond motifs is 1. The van der Waals surface area contributed by atoms with E-state index in [1.807, 2.05) is 49.1 Å². The molecule has 0 radical (unpaired) electrons. The number of hydrogen-bond acceptors (Lipinski definition) is 5. The molecule has 0 unspecified atom stereocenters. The number of piperazine rings is 1. The van der Waals surface area contributed by atoms with Gasteiger partial charge in [-0.05, 0) is 66.4 Å². The SMILES string of the molecule is Cc1cc(C)c(C)c(OCC(=O)N2CCN(c3ccc(-c4cccc5ccccc45)nn3)CC2)c1. The summed E-state index contributed by atoms with van der Waals surface area (Å²) in [6, 6.07) is 22.7. The first-order valence-electron chi connectivity index (χ1n) is 12.0. The Bertz CT molecular complexity index is 1350. The lowest BCUT2D eigenvalue weighted by molar-refractivity contribution is -0.133. The molecule has 1 aromatic heterocycles. The molecule has 1 aliphatic heterocycles. The summed E-state index contributed by atoms with van der Waals surface area (Å²) in [4.78, 5) is 16.8. The molecule has 0 atom stereocenters. The summed E-state index contributed by atoms with van der Waals surface area (Å²) in [6.45, 7) is 8.91. The van der Waals surface area contributed by atoms with E-state index in [-0.39, 0.29) is 12.5 Å². The number of carbonyl (C=O) groups is 1. The van der Waals surface area contributed by atoms with Crippen LogP contribution in [-0.2, 0) is 4.79 Å². The Kier molecular flexibility index (Phi) is 6.36. The maximum atomic E-state index is 12.8. The highest BCUT2D eigenvalue weighted by Gasteiger charge is 2.23. The molecular formula is C29H30N4O2. The first kappa shape index (κ1) is 22.8. The van der Waals surface area contributed by atoms with Crippen LogP contribution in [0.15, 0.2) is 66.7 Å². The van der Waals surface area contributed by atoms with Gasteiger partial charge in [-0.3, -0.25) is 4.79 Å². The number of ether oxygens (including phenoxy) is 1. The third-order valence-electron chi connectivity index (χ3n) is 6.79. The van der Waals surface area contributed by atoms with Crippen LogP contribution in [-0.4, -0.2) is 53.8 Å². The van der Waals surface area contributed by atoms with Crippen molar-refractivity contribution in [3.63, 3.8) is 0 Å². The monoisotopic (exact) mass is 466 g/mol. The van der Waals surface area contributed by atoms with E-state index in [2.05, 4.69) is 58.4 Å². The molecule has 0 N–H and O–H groups in total. The molecule has 3 aromatic carbocycles. The number of benzene rings is 3. The van der Waals surface area contributed by atoms with E-state index in [9.17, 15) is 4.79 Å². The molecule has 1 aliphatic rings. The van der Waals surface area contributed by atoms with Gasteiger partial charge in [0.05, 0.1) is 5.69 Å². The summed E-state index contributed by atoms with van der Waals surface area (Å²) in [5.41, 5.74) is 5.33. The lowest BCUT2D eigenvalue weighted by atomic mass is 10.0. The summed E-state index contributed by atoms with van der Waals surface area (Å²) in [5.74, 6) is 1.64. The molecule has 0 saturated carbocycles. The number of anilines is 1. The molecule has 0 spiro atoms. The lowest BCUT2D eigenvalue weighted by Crippen LogP contribution is -2.50. The second-order valence-electron chi connectivity index (χ2n) is 9.16. The van der Waals surface area contributed by atoms with E-state index in [0.29, 0.717) is 13.1 Å². The van der Waals surface area contributed by atoms with Crippen molar-refractivity contribution in [3.8, 4) is 17.0 Å². The van der Waals surface area contributed by atoms with Gasteiger partial charge in [-0.25, -0.2) is 0 Å². The van der Waals surface area contributed by atoms with Crippen LogP contribution in [0.25, 0.3) is 22.0 Å². The van der Waals surface area contributed by atoms with E-state index in [1.54, 1.807) is 0 Å². The summed E-state index contributed by atoms with van der Waals surface area (Å²) >= 11 is 0. The standard InChI is InChI=1S/C29H30N4O2/c1-20-17-21(2)22(3)27(18-20)35-19-29(34)33-15-13-32(14-16-33)28-12-11-26(30-31-28)25-10-6-8-23-7-4-5-9-24(23)25/h4-12,17-18H,13-16,19H2,1-3H3. The topological polar surface area (TPSA) is 58.6 Å². The number of amides is 1. The first-order valence-corrected chi connectivity index (χ1v) is 12.0. The van der Waals surface area contributed by atoms with Gasteiger partial charge in [-0.1, -0.05) is 48.5 Å².